The van der Waals surface area contributed by atoms with E-state index < -0.39 is 5.97 Å². The minimum absolute atomic E-state index is 0.0493. The van der Waals surface area contributed by atoms with Crippen LogP contribution in [0.2, 0.25) is 0 Å². The Kier molecular flexibility index (Phi) is 4.86. The Hall–Kier alpha value is -3.78. The number of aryl methyl sites for hydroxylation is 2. The zero-order valence-corrected chi connectivity index (χ0v) is 18.6. The van der Waals surface area contributed by atoms with Crippen LogP contribution >= 0.6 is 11.3 Å². The Morgan fingerprint density at radius 2 is 2.03 bits per heavy atom. The molecule has 5 heterocycles. The third-order valence-corrected chi connectivity index (χ3v) is 6.56. The van der Waals surface area contributed by atoms with Crippen molar-refractivity contribution in [1.29, 1.82) is 0 Å². The van der Waals surface area contributed by atoms with Crippen LogP contribution in [0.5, 0.6) is 0 Å². The summed E-state index contributed by atoms with van der Waals surface area (Å²) in [5, 5.41) is 15.3. The molecule has 0 saturated carbocycles. The van der Waals surface area contributed by atoms with Crippen molar-refractivity contribution in [3.05, 3.63) is 76.3 Å². The molecule has 5 aromatic heterocycles. The second kappa shape index (κ2) is 7.72. The number of hydrogen-bond donors (Lipinski definition) is 1. The van der Waals surface area contributed by atoms with E-state index in [-0.39, 0.29) is 6.04 Å². The highest BCUT2D eigenvalue weighted by atomic mass is 32.1. The molecule has 0 spiro atoms. The predicted octanol–water partition coefficient (Wildman–Crippen LogP) is 5.74. The second-order valence-electron chi connectivity index (χ2n) is 7.68. The first-order valence-electron chi connectivity index (χ1n) is 10.1. The number of aromatic nitrogens is 4. The number of thiophene rings is 1. The summed E-state index contributed by atoms with van der Waals surface area (Å²) < 4.78 is 7.50. The topological polar surface area (TPSA) is 94.0 Å². The first kappa shape index (κ1) is 20.1. The van der Waals surface area contributed by atoms with Crippen molar-refractivity contribution in [3.8, 4) is 22.3 Å². The van der Waals surface area contributed by atoms with Crippen LogP contribution < -0.4 is 0 Å². The summed E-state index contributed by atoms with van der Waals surface area (Å²) in [4.78, 5) is 21.0. The van der Waals surface area contributed by atoms with E-state index >= 15 is 0 Å². The lowest BCUT2D eigenvalue weighted by Gasteiger charge is -2.15. The van der Waals surface area contributed by atoms with Gasteiger partial charge in [0.15, 0.2) is 0 Å². The highest BCUT2D eigenvalue weighted by molar-refractivity contribution is 7.12. The summed E-state index contributed by atoms with van der Waals surface area (Å²) in [5.41, 5.74) is 7.04. The first-order valence-corrected chi connectivity index (χ1v) is 11.0. The molecule has 0 aromatic carbocycles. The average molecular weight is 445 g/mol. The molecule has 1 atom stereocenters. The van der Waals surface area contributed by atoms with Gasteiger partial charge in [0, 0.05) is 35.3 Å². The van der Waals surface area contributed by atoms with Gasteiger partial charge in [-0.05, 0) is 56.0 Å². The number of pyridine rings is 2. The van der Waals surface area contributed by atoms with E-state index in [1.807, 2.05) is 49.8 Å². The Morgan fingerprint density at radius 3 is 2.69 bits per heavy atom. The molecule has 8 heteroatoms. The van der Waals surface area contributed by atoms with Crippen molar-refractivity contribution in [2.24, 2.45) is 0 Å². The minimum Gasteiger partial charge on any atom is -0.477 e. The van der Waals surface area contributed by atoms with Gasteiger partial charge in [0.1, 0.15) is 10.6 Å². The molecular weight excluding hydrogens is 424 g/mol. The van der Waals surface area contributed by atoms with Crippen LogP contribution in [0.1, 0.15) is 39.8 Å². The van der Waals surface area contributed by atoms with Gasteiger partial charge in [-0.3, -0.25) is 9.97 Å². The SMILES string of the molecule is Cc1noc(C)c1-c1cnc2c(-c3csc(C(=O)O)c3)cn([C@@H](C)c3ccccn3)c2c1. The molecule has 7 nitrogen and oxygen atoms in total. The number of rotatable bonds is 5. The van der Waals surface area contributed by atoms with Gasteiger partial charge >= 0.3 is 5.97 Å². The van der Waals surface area contributed by atoms with Gasteiger partial charge in [-0.25, -0.2) is 4.79 Å². The molecule has 0 unspecified atom stereocenters. The molecule has 0 saturated heterocycles. The average Bonchev–Trinajstić information content (AvgIpc) is 3.50. The molecule has 5 aromatic rings. The van der Waals surface area contributed by atoms with Crippen LogP contribution in [0.3, 0.4) is 0 Å². The maximum Gasteiger partial charge on any atom is 0.345 e. The van der Waals surface area contributed by atoms with Crippen molar-refractivity contribution in [2.75, 3.05) is 0 Å². The van der Waals surface area contributed by atoms with Crippen molar-refractivity contribution in [2.45, 2.75) is 26.8 Å². The quantitative estimate of drug-likeness (QED) is 0.371. The predicted molar refractivity (Wildman–Crippen MR) is 123 cm³/mol. The van der Waals surface area contributed by atoms with Crippen molar-refractivity contribution in [1.82, 2.24) is 19.7 Å². The normalized spacial score (nSPS) is 12.3. The Bertz CT molecular complexity index is 1430. The smallest absolute Gasteiger partial charge is 0.345 e. The van der Waals surface area contributed by atoms with E-state index in [9.17, 15) is 9.90 Å². The van der Waals surface area contributed by atoms with E-state index in [4.69, 9.17) is 9.51 Å². The van der Waals surface area contributed by atoms with Crippen LogP contribution in [0.15, 0.2) is 58.8 Å². The second-order valence-corrected chi connectivity index (χ2v) is 8.59. The lowest BCUT2D eigenvalue weighted by atomic mass is 10.0. The third-order valence-electron chi connectivity index (χ3n) is 5.65. The standard InChI is InChI=1S/C24H20N4O3S/c1-13-22(15(3)31-27-13)16-8-20-23(26-10-16)18(17-9-21(24(29)30)32-12-17)11-28(20)14(2)19-6-4-5-7-25-19/h4-12,14H,1-3H3,(H,29,30)/t14-/m0/s1. The summed E-state index contributed by atoms with van der Waals surface area (Å²) in [6, 6.07) is 9.59. The van der Waals surface area contributed by atoms with E-state index in [2.05, 4.69) is 27.7 Å². The van der Waals surface area contributed by atoms with Gasteiger partial charge in [0.25, 0.3) is 0 Å². The summed E-state index contributed by atoms with van der Waals surface area (Å²) in [7, 11) is 0. The van der Waals surface area contributed by atoms with Gasteiger partial charge in [-0.15, -0.1) is 11.3 Å². The summed E-state index contributed by atoms with van der Waals surface area (Å²) in [5.74, 6) is -0.191. The molecule has 0 aliphatic rings. The van der Waals surface area contributed by atoms with Gasteiger partial charge in [-0.1, -0.05) is 11.2 Å². The summed E-state index contributed by atoms with van der Waals surface area (Å²) in [6.45, 7) is 5.89. The van der Waals surface area contributed by atoms with Crippen molar-refractivity contribution in [3.63, 3.8) is 0 Å². The van der Waals surface area contributed by atoms with Crippen LogP contribution in [-0.2, 0) is 0 Å². The molecule has 160 valence electrons. The third kappa shape index (κ3) is 3.29. The fourth-order valence-electron chi connectivity index (χ4n) is 4.05. The molecule has 0 bridgehead atoms. The molecule has 5 rings (SSSR count). The lowest BCUT2D eigenvalue weighted by molar-refractivity contribution is 0.0702. The van der Waals surface area contributed by atoms with Gasteiger partial charge in [-0.2, -0.15) is 0 Å². The van der Waals surface area contributed by atoms with E-state index in [1.165, 1.54) is 11.3 Å². The molecular formula is C24H20N4O3S. The first-order chi connectivity index (χ1) is 15.4. The molecule has 0 aliphatic carbocycles. The maximum absolute atomic E-state index is 11.4. The van der Waals surface area contributed by atoms with E-state index in [0.717, 1.165) is 50.4 Å². The maximum atomic E-state index is 11.4. The van der Waals surface area contributed by atoms with Gasteiger partial charge in [0.2, 0.25) is 0 Å². The van der Waals surface area contributed by atoms with Crippen LogP contribution in [0.4, 0.5) is 0 Å². The number of hydrogen-bond acceptors (Lipinski definition) is 6. The van der Waals surface area contributed by atoms with Crippen LogP contribution in [0, 0.1) is 13.8 Å². The highest BCUT2D eigenvalue weighted by Gasteiger charge is 2.21. The zero-order valence-electron chi connectivity index (χ0n) is 17.7. The molecule has 0 radical (unpaired) electrons. The number of nitrogens with zero attached hydrogens (tertiary/aromatic N) is 4. The molecule has 1 N–H and O–H groups in total. The fraction of sp³-hybridized carbons (Fsp3) is 0.167. The van der Waals surface area contributed by atoms with Crippen molar-refractivity contribution >= 4 is 28.3 Å². The Labute approximate surface area is 188 Å². The van der Waals surface area contributed by atoms with E-state index in [1.54, 1.807) is 12.3 Å². The molecule has 0 aliphatic heterocycles. The number of carbonyl (C=O) groups is 1. The zero-order chi connectivity index (χ0) is 22.4. The number of carboxylic acids is 1. The number of carboxylic acid groups (broad SMARTS) is 1. The van der Waals surface area contributed by atoms with Crippen LogP contribution in [-0.4, -0.2) is 30.8 Å². The Morgan fingerprint density at radius 1 is 1.19 bits per heavy atom. The lowest BCUT2D eigenvalue weighted by Crippen LogP contribution is -2.07. The highest BCUT2D eigenvalue weighted by Crippen LogP contribution is 2.37. The number of fused-ring (bicyclic) bond motifs is 1. The number of aromatic carboxylic acids is 1. The summed E-state index contributed by atoms with van der Waals surface area (Å²) >= 11 is 1.21. The van der Waals surface area contributed by atoms with Gasteiger partial charge in [0.05, 0.1) is 28.5 Å². The minimum atomic E-state index is -0.930. The van der Waals surface area contributed by atoms with Crippen molar-refractivity contribution < 1.29 is 14.4 Å². The Balaban J connectivity index is 1.74. The monoisotopic (exact) mass is 444 g/mol. The molecule has 0 amide bonds. The largest absolute Gasteiger partial charge is 0.477 e. The summed E-state index contributed by atoms with van der Waals surface area (Å²) in [6.07, 6.45) is 5.63. The molecule has 32 heavy (non-hydrogen) atoms. The van der Waals surface area contributed by atoms with Gasteiger partial charge < -0.3 is 14.2 Å². The van der Waals surface area contributed by atoms with E-state index in [0.29, 0.717) is 4.88 Å². The molecule has 0 fully saturated rings. The van der Waals surface area contributed by atoms with Crippen LogP contribution in [0.25, 0.3) is 33.3 Å². The fourth-order valence-corrected chi connectivity index (χ4v) is 4.79.